The van der Waals surface area contributed by atoms with E-state index in [2.05, 4.69) is 38.1 Å². The number of hydrogen-bond acceptors (Lipinski definition) is 7. The van der Waals surface area contributed by atoms with Crippen LogP contribution >= 0.6 is 0 Å². The van der Waals surface area contributed by atoms with Gasteiger partial charge >= 0.3 is 0 Å². The topological polar surface area (TPSA) is 95.4 Å². The normalized spacial score (nSPS) is 25.7. The number of carbonyl (C=O) groups excluding carboxylic acids is 1. The number of nitrogens with one attached hydrogen (secondary N) is 1. The van der Waals surface area contributed by atoms with Gasteiger partial charge < -0.3 is 19.4 Å². The minimum absolute atomic E-state index is 0.131. The molecule has 7 heterocycles. The number of H-pyrrole nitrogens is 1. The van der Waals surface area contributed by atoms with E-state index in [4.69, 9.17) is 9.72 Å². The van der Waals surface area contributed by atoms with Gasteiger partial charge in [0.2, 0.25) is 5.91 Å². The molecule has 0 aliphatic carbocycles. The molecule has 31 heavy (non-hydrogen) atoms. The number of carbonyl (C=O) groups is 1. The minimum atomic E-state index is 0.131. The summed E-state index contributed by atoms with van der Waals surface area (Å²) < 4.78 is 7.62. The first-order chi connectivity index (χ1) is 15.1. The third-order valence-electron chi connectivity index (χ3n) is 6.67. The Morgan fingerprint density at radius 3 is 2.68 bits per heavy atom. The van der Waals surface area contributed by atoms with Crippen LogP contribution in [0, 0.1) is 0 Å². The second-order valence-electron chi connectivity index (χ2n) is 8.75. The Kier molecular flexibility index (Phi) is 4.17. The largest absolute Gasteiger partial charge is 0.371 e. The maximum absolute atomic E-state index is 11.9. The number of anilines is 2. The van der Waals surface area contributed by atoms with Crippen LogP contribution in [0.2, 0.25) is 0 Å². The highest BCUT2D eigenvalue weighted by molar-refractivity contribution is 5.92. The molecule has 3 unspecified atom stereocenters. The van der Waals surface area contributed by atoms with Gasteiger partial charge in [-0.1, -0.05) is 0 Å². The Hall–Kier alpha value is -3.14. The SMILES string of the molecule is CC(=O)N1CCN(c2cc(N3CC4CC(C3)O4)nc3c2cnn3-c2cc[nH]n2)C(C)C1. The summed E-state index contributed by atoms with van der Waals surface area (Å²) in [4.78, 5) is 23.5. The van der Waals surface area contributed by atoms with Crippen LogP contribution in [-0.4, -0.2) is 86.7 Å². The van der Waals surface area contributed by atoms with Crippen molar-refractivity contribution in [1.82, 2.24) is 29.9 Å². The van der Waals surface area contributed by atoms with Crippen molar-refractivity contribution in [3.63, 3.8) is 0 Å². The molecule has 10 heteroatoms. The summed E-state index contributed by atoms with van der Waals surface area (Å²) in [6, 6.07) is 4.27. The second kappa shape index (κ2) is 6.94. The van der Waals surface area contributed by atoms with Crippen molar-refractivity contribution in [1.29, 1.82) is 0 Å². The van der Waals surface area contributed by atoms with Gasteiger partial charge in [-0.3, -0.25) is 9.89 Å². The third-order valence-corrected chi connectivity index (χ3v) is 6.67. The van der Waals surface area contributed by atoms with E-state index >= 15 is 0 Å². The van der Waals surface area contributed by atoms with Gasteiger partial charge in [-0.25, -0.2) is 4.98 Å². The Morgan fingerprint density at radius 2 is 2.00 bits per heavy atom. The van der Waals surface area contributed by atoms with Crippen molar-refractivity contribution in [2.45, 2.75) is 38.5 Å². The number of piperazine rings is 1. The third kappa shape index (κ3) is 3.04. The van der Waals surface area contributed by atoms with Crippen LogP contribution in [0.25, 0.3) is 16.9 Å². The van der Waals surface area contributed by atoms with Gasteiger partial charge in [0.05, 0.1) is 29.5 Å². The van der Waals surface area contributed by atoms with E-state index in [1.807, 2.05) is 17.2 Å². The van der Waals surface area contributed by atoms with Gasteiger partial charge in [0.15, 0.2) is 11.5 Å². The monoisotopic (exact) mass is 422 g/mol. The molecule has 1 amide bonds. The number of pyridine rings is 1. The summed E-state index contributed by atoms with van der Waals surface area (Å²) in [5.74, 6) is 1.79. The van der Waals surface area contributed by atoms with Crippen molar-refractivity contribution in [2.24, 2.45) is 0 Å². The Morgan fingerprint density at radius 1 is 1.19 bits per heavy atom. The lowest BCUT2D eigenvalue weighted by Gasteiger charge is -2.47. The molecule has 0 radical (unpaired) electrons. The first-order valence-corrected chi connectivity index (χ1v) is 10.9. The molecule has 7 rings (SSSR count). The zero-order chi connectivity index (χ0) is 21.1. The quantitative estimate of drug-likeness (QED) is 0.677. The summed E-state index contributed by atoms with van der Waals surface area (Å²) in [6.45, 7) is 7.74. The van der Waals surface area contributed by atoms with Crippen LogP contribution in [0.3, 0.4) is 0 Å². The molecule has 3 aromatic rings. The molecule has 162 valence electrons. The van der Waals surface area contributed by atoms with E-state index in [9.17, 15) is 4.79 Å². The molecular formula is C21H26N8O2. The fourth-order valence-corrected chi connectivity index (χ4v) is 5.05. The van der Waals surface area contributed by atoms with E-state index in [0.29, 0.717) is 31.1 Å². The number of morpholine rings is 1. The Labute approximate surface area is 179 Å². The van der Waals surface area contributed by atoms with Gasteiger partial charge in [0.1, 0.15) is 5.82 Å². The molecule has 4 aliphatic heterocycles. The van der Waals surface area contributed by atoms with E-state index in [1.165, 1.54) is 0 Å². The smallest absolute Gasteiger partial charge is 0.219 e. The fourth-order valence-electron chi connectivity index (χ4n) is 5.05. The van der Waals surface area contributed by atoms with Crippen LogP contribution in [0.5, 0.6) is 0 Å². The van der Waals surface area contributed by atoms with Gasteiger partial charge in [-0.2, -0.15) is 14.9 Å². The molecule has 0 aromatic carbocycles. The van der Waals surface area contributed by atoms with Crippen LogP contribution in [0.1, 0.15) is 20.3 Å². The molecule has 4 fully saturated rings. The first-order valence-electron chi connectivity index (χ1n) is 10.9. The van der Waals surface area contributed by atoms with Gasteiger partial charge in [-0.05, 0) is 6.92 Å². The zero-order valence-corrected chi connectivity index (χ0v) is 17.7. The van der Waals surface area contributed by atoms with Crippen molar-refractivity contribution < 1.29 is 9.53 Å². The maximum atomic E-state index is 11.9. The second-order valence-corrected chi connectivity index (χ2v) is 8.75. The lowest BCUT2D eigenvalue weighted by Crippen LogP contribution is -2.57. The summed E-state index contributed by atoms with van der Waals surface area (Å²) in [5, 5.41) is 12.8. The van der Waals surface area contributed by atoms with E-state index in [-0.39, 0.29) is 11.9 Å². The maximum Gasteiger partial charge on any atom is 0.219 e. The van der Waals surface area contributed by atoms with Crippen LogP contribution in [-0.2, 0) is 9.53 Å². The standard InChI is InChI=1S/C21H26N8O2/c1-13-10-26(14(2)30)5-6-28(13)18-8-20(27-11-15-7-16(12-27)31-15)24-21-17(18)9-23-29(21)19-3-4-22-25-19/h3-4,8-9,13,15-16H,5-7,10-12H2,1-2H3,(H,22,25). The van der Waals surface area contributed by atoms with Crippen LogP contribution < -0.4 is 9.80 Å². The number of hydrogen-bond donors (Lipinski definition) is 1. The lowest BCUT2D eigenvalue weighted by atomic mass is 9.99. The molecule has 10 nitrogen and oxygen atoms in total. The molecule has 3 aromatic heterocycles. The van der Waals surface area contributed by atoms with Crippen LogP contribution in [0.4, 0.5) is 11.5 Å². The molecular weight excluding hydrogens is 396 g/mol. The molecule has 4 aliphatic rings. The fraction of sp³-hybridized carbons (Fsp3) is 0.524. The van der Waals surface area contributed by atoms with Crippen molar-refractivity contribution in [3.05, 3.63) is 24.5 Å². The number of fused-ring (bicyclic) bond motifs is 3. The summed E-state index contributed by atoms with van der Waals surface area (Å²) in [7, 11) is 0. The average molecular weight is 422 g/mol. The highest BCUT2D eigenvalue weighted by Gasteiger charge is 2.39. The lowest BCUT2D eigenvalue weighted by molar-refractivity contribution is -0.133. The zero-order valence-electron chi connectivity index (χ0n) is 17.7. The van der Waals surface area contributed by atoms with E-state index in [0.717, 1.165) is 48.6 Å². The number of aromatic amines is 1. The average Bonchev–Trinajstić information content (AvgIpc) is 3.42. The number of aromatic nitrogens is 5. The molecule has 4 saturated heterocycles. The molecule has 0 saturated carbocycles. The van der Waals surface area contributed by atoms with Crippen molar-refractivity contribution in [3.8, 4) is 5.82 Å². The predicted molar refractivity (Wildman–Crippen MR) is 116 cm³/mol. The van der Waals surface area contributed by atoms with Gasteiger partial charge in [0, 0.05) is 70.4 Å². The van der Waals surface area contributed by atoms with Gasteiger partial charge in [0.25, 0.3) is 0 Å². The Bertz CT molecular complexity index is 1110. The number of rotatable bonds is 3. The molecule has 0 spiro atoms. The van der Waals surface area contributed by atoms with E-state index < -0.39 is 0 Å². The number of amides is 1. The highest BCUT2D eigenvalue weighted by Crippen LogP contribution is 2.36. The first kappa shape index (κ1) is 18.6. The van der Waals surface area contributed by atoms with Crippen molar-refractivity contribution >= 4 is 28.4 Å². The minimum Gasteiger partial charge on any atom is -0.371 e. The van der Waals surface area contributed by atoms with Crippen LogP contribution in [0.15, 0.2) is 24.5 Å². The number of piperidine rings is 1. The molecule has 3 atom stereocenters. The van der Waals surface area contributed by atoms with Crippen molar-refractivity contribution in [2.75, 3.05) is 42.5 Å². The summed E-state index contributed by atoms with van der Waals surface area (Å²) in [6.07, 6.45) is 5.40. The Balaban J connectivity index is 1.44. The highest BCUT2D eigenvalue weighted by atomic mass is 16.5. The predicted octanol–water partition coefficient (Wildman–Crippen LogP) is 1.18. The van der Waals surface area contributed by atoms with Gasteiger partial charge in [-0.15, -0.1) is 0 Å². The van der Waals surface area contributed by atoms with E-state index in [1.54, 1.807) is 17.8 Å². The molecule has 1 N–H and O–H groups in total. The number of ether oxygens (including phenoxy) is 1. The summed E-state index contributed by atoms with van der Waals surface area (Å²) in [5.41, 5.74) is 1.90. The molecule has 2 bridgehead atoms. The number of nitrogens with zero attached hydrogens (tertiary/aromatic N) is 7. The summed E-state index contributed by atoms with van der Waals surface area (Å²) >= 11 is 0.